The number of nitrogens with zero attached hydrogens (tertiary/aromatic N) is 2. The smallest absolute Gasteiger partial charge is 0.262 e. The summed E-state index contributed by atoms with van der Waals surface area (Å²) >= 11 is 3.31. The van der Waals surface area contributed by atoms with Gasteiger partial charge in [-0.2, -0.15) is 5.10 Å². The van der Waals surface area contributed by atoms with Crippen molar-refractivity contribution in [2.24, 2.45) is 0 Å². The van der Waals surface area contributed by atoms with Gasteiger partial charge >= 0.3 is 0 Å². The van der Waals surface area contributed by atoms with Crippen molar-refractivity contribution >= 4 is 27.7 Å². The van der Waals surface area contributed by atoms with E-state index in [0.29, 0.717) is 11.1 Å². The number of imide groups is 1. The number of nitrogens with one attached hydrogen (secondary N) is 1. The third-order valence-corrected chi connectivity index (χ3v) is 3.76. The molecule has 2 amide bonds. The molecule has 0 radical (unpaired) electrons. The van der Waals surface area contributed by atoms with Crippen LogP contribution in [0.2, 0.25) is 0 Å². The summed E-state index contributed by atoms with van der Waals surface area (Å²) in [7, 11) is 0. The maximum Gasteiger partial charge on any atom is 0.262 e. The van der Waals surface area contributed by atoms with E-state index in [1.807, 2.05) is 6.92 Å². The van der Waals surface area contributed by atoms with Gasteiger partial charge in [0.05, 0.1) is 23.4 Å². The van der Waals surface area contributed by atoms with Gasteiger partial charge in [0.2, 0.25) is 0 Å². The van der Waals surface area contributed by atoms with Crippen LogP contribution in [0.3, 0.4) is 0 Å². The molecule has 0 bridgehead atoms. The standard InChI is InChI=1S/C13H10BrN3O2/c1-7(8-5-15-16-6-8)17-12(18)10-3-2-9(14)4-11(10)13(17)19/h2-7H,1H3,(H,15,16). The van der Waals surface area contributed by atoms with Gasteiger partial charge in [0.1, 0.15) is 0 Å². The maximum absolute atomic E-state index is 12.3. The highest BCUT2D eigenvalue weighted by atomic mass is 79.9. The molecule has 1 N–H and O–H groups in total. The largest absolute Gasteiger partial charge is 0.285 e. The van der Waals surface area contributed by atoms with Crippen molar-refractivity contribution in [2.75, 3.05) is 0 Å². The van der Waals surface area contributed by atoms with Crippen LogP contribution in [0.5, 0.6) is 0 Å². The van der Waals surface area contributed by atoms with Crippen LogP contribution in [0, 0.1) is 0 Å². The van der Waals surface area contributed by atoms with Crippen LogP contribution in [0.4, 0.5) is 0 Å². The number of aromatic amines is 1. The molecular weight excluding hydrogens is 310 g/mol. The molecule has 19 heavy (non-hydrogen) atoms. The number of carbonyl (C=O) groups is 2. The first-order chi connectivity index (χ1) is 9.09. The number of halogens is 1. The molecule has 0 fully saturated rings. The van der Waals surface area contributed by atoms with Crippen molar-refractivity contribution in [1.29, 1.82) is 0 Å². The highest BCUT2D eigenvalue weighted by molar-refractivity contribution is 9.10. The molecule has 2 aromatic rings. The Balaban J connectivity index is 2.03. The Morgan fingerprint density at radius 3 is 2.68 bits per heavy atom. The maximum atomic E-state index is 12.3. The van der Waals surface area contributed by atoms with Gasteiger partial charge in [0.25, 0.3) is 11.8 Å². The molecule has 1 aromatic heterocycles. The second-order valence-electron chi connectivity index (χ2n) is 4.38. The summed E-state index contributed by atoms with van der Waals surface area (Å²) in [5.41, 5.74) is 1.69. The van der Waals surface area contributed by atoms with Gasteiger partial charge in [0.15, 0.2) is 0 Å². The molecule has 0 spiro atoms. The molecule has 0 saturated carbocycles. The van der Waals surface area contributed by atoms with Crippen molar-refractivity contribution in [3.63, 3.8) is 0 Å². The predicted octanol–water partition coefficient (Wildman–Crippen LogP) is 2.53. The molecule has 1 unspecified atom stereocenters. The minimum absolute atomic E-state index is 0.263. The highest BCUT2D eigenvalue weighted by Gasteiger charge is 2.39. The van der Waals surface area contributed by atoms with E-state index < -0.39 is 0 Å². The molecule has 96 valence electrons. The fourth-order valence-corrected chi connectivity index (χ4v) is 2.58. The van der Waals surface area contributed by atoms with E-state index in [1.54, 1.807) is 30.6 Å². The lowest BCUT2D eigenvalue weighted by Crippen LogP contribution is -2.32. The normalized spacial score (nSPS) is 15.8. The minimum Gasteiger partial charge on any atom is -0.285 e. The number of H-pyrrole nitrogens is 1. The number of hydrogen-bond acceptors (Lipinski definition) is 3. The summed E-state index contributed by atoms with van der Waals surface area (Å²) in [6, 6.07) is 4.76. The zero-order valence-electron chi connectivity index (χ0n) is 10.1. The monoisotopic (exact) mass is 319 g/mol. The quantitative estimate of drug-likeness (QED) is 0.865. The Hall–Kier alpha value is -1.95. The molecule has 3 rings (SSSR count). The van der Waals surface area contributed by atoms with Crippen LogP contribution in [-0.4, -0.2) is 26.9 Å². The van der Waals surface area contributed by atoms with Crippen LogP contribution < -0.4 is 0 Å². The van der Waals surface area contributed by atoms with Crippen molar-refractivity contribution in [2.45, 2.75) is 13.0 Å². The molecule has 1 aromatic carbocycles. The van der Waals surface area contributed by atoms with E-state index in [4.69, 9.17) is 0 Å². The minimum atomic E-state index is -0.343. The fourth-order valence-electron chi connectivity index (χ4n) is 2.22. The Bertz CT molecular complexity index is 667. The first-order valence-corrected chi connectivity index (χ1v) is 6.55. The molecule has 1 aliphatic heterocycles. The van der Waals surface area contributed by atoms with Crippen molar-refractivity contribution in [3.05, 3.63) is 51.8 Å². The number of benzene rings is 1. The molecule has 5 nitrogen and oxygen atoms in total. The Morgan fingerprint density at radius 1 is 1.26 bits per heavy atom. The van der Waals surface area contributed by atoms with Crippen LogP contribution in [-0.2, 0) is 0 Å². The van der Waals surface area contributed by atoms with Crippen LogP contribution in [0.15, 0.2) is 35.1 Å². The number of amides is 2. The highest BCUT2D eigenvalue weighted by Crippen LogP contribution is 2.32. The molecule has 0 aliphatic carbocycles. The van der Waals surface area contributed by atoms with Gasteiger partial charge in [-0.3, -0.25) is 19.6 Å². The summed E-state index contributed by atoms with van der Waals surface area (Å²) in [6.07, 6.45) is 3.30. The number of fused-ring (bicyclic) bond motifs is 1. The Kier molecular flexibility index (Phi) is 2.74. The number of rotatable bonds is 2. The number of aromatic nitrogens is 2. The van der Waals surface area contributed by atoms with Gasteiger partial charge in [0, 0.05) is 16.2 Å². The molecule has 2 heterocycles. The fraction of sp³-hybridized carbons (Fsp3) is 0.154. The Labute approximate surface area is 117 Å². The third-order valence-electron chi connectivity index (χ3n) is 3.27. The first-order valence-electron chi connectivity index (χ1n) is 5.75. The van der Waals surface area contributed by atoms with Crippen LogP contribution in [0.1, 0.15) is 39.2 Å². The van der Waals surface area contributed by atoms with Gasteiger partial charge in [-0.25, -0.2) is 0 Å². The first kappa shape index (κ1) is 12.1. The summed E-state index contributed by atoms with van der Waals surface area (Å²) in [5, 5.41) is 6.53. The van der Waals surface area contributed by atoms with Crippen molar-refractivity contribution in [3.8, 4) is 0 Å². The van der Waals surface area contributed by atoms with E-state index in [-0.39, 0.29) is 17.9 Å². The third kappa shape index (κ3) is 1.79. The average molecular weight is 320 g/mol. The molecule has 6 heteroatoms. The predicted molar refractivity (Wildman–Crippen MR) is 71.6 cm³/mol. The van der Waals surface area contributed by atoms with Crippen LogP contribution >= 0.6 is 15.9 Å². The van der Waals surface area contributed by atoms with Gasteiger partial charge in [-0.15, -0.1) is 0 Å². The summed E-state index contributed by atoms with van der Waals surface area (Å²) in [4.78, 5) is 25.9. The summed E-state index contributed by atoms with van der Waals surface area (Å²) in [6.45, 7) is 1.81. The van der Waals surface area contributed by atoms with E-state index in [1.165, 1.54) is 4.90 Å². The van der Waals surface area contributed by atoms with Crippen molar-refractivity contribution < 1.29 is 9.59 Å². The van der Waals surface area contributed by atoms with E-state index in [9.17, 15) is 9.59 Å². The van der Waals surface area contributed by atoms with Gasteiger partial charge in [-0.1, -0.05) is 15.9 Å². The zero-order chi connectivity index (χ0) is 13.6. The lowest BCUT2D eigenvalue weighted by atomic mass is 10.1. The van der Waals surface area contributed by atoms with Gasteiger partial charge in [-0.05, 0) is 25.1 Å². The van der Waals surface area contributed by atoms with Crippen LogP contribution in [0.25, 0.3) is 0 Å². The average Bonchev–Trinajstić information content (AvgIpc) is 2.98. The molecule has 1 aliphatic rings. The molecule has 0 saturated heterocycles. The number of carbonyl (C=O) groups excluding carboxylic acids is 2. The van der Waals surface area contributed by atoms with E-state index in [0.717, 1.165) is 10.0 Å². The Morgan fingerprint density at radius 2 is 2.00 bits per heavy atom. The second kappa shape index (κ2) is 4.31. The zero-order valence-corrected chi connectivity index (χ0v) is 11.6. The molecule has 1 atom stereocenters. The lowest BCUT2D eigenvalue weighted by Gasteiger charge is -2.21. The summed E-state index contributed by atoms with van der Waals surface area (Å²) < 4.78 is 0.783. The SMILES string of the molecule is CC(c1cn[nH]c1)N1C(=O)c2ccc(Br)cc2C1=O. The van der Waals surface area contributed by atoms with Crippen molar-refractivity contribution in [1.82, 2.24) is 15.1 Å². The summed E-state index contributed by atoms with van der Waals surface area (Å²) in [5.74, 6) is -0.531. The van der Waals surface area contributed by atoms with E-state index in [2.05, 4.69) is 26.1 Å². The van der Waals surface area contributed by atoms with E-state index >= 15 is 0 Å². The number of hydrogen-bond donors (Lipinski definition) is 1. The topological polar surface area (TPSA) is 66.1 Å². The van der Waals surface area contributed by atoms with Gasteiger partial charge < -0.3 is 0 Å². The molecular formula is C13H10BrN3O2. The lowest BCUT2D eigenvalue weighted by molar-refractivity contribution is 0.0595. The second-order valence-corrected chi connectivity index (χ2v) is 5.29.